The van der Waals surface area contributed by atoms with Gasteiger partial charge in [-0.3, -0.25) is 9.59 Å². The summed E-state index contributed by atoms with van der Waals surface area (Å²) in [5, 5.41) is 8.55. The van der Waals surface area contributed by atoms with E-state index in [2.05, 4.69) is 4.98 Å². The van der Waals surface area contributed by atoms with E-state index in [0.717, 1.165) is 0 Å². The molecule has 1 aromatic heterocycles. The summed E-state index contributed by atoms with van der Waals surface area (Å²) in [5.41, 5.74) is -1.37. The molecule has 0 saturated heterocycles. The molecule has 1 heterocycles. The van der Waals surface area contributed by atoms with E-state index in [1.807, 2.05) is 0 Å². The SMILES string of the molecule is O=C(O)Cc1c(CCl)[nH]c(C(F)F)cc1=O. The largest absolute Gasteiger partial charge is 0.481 e. The van der Waals surface area contributed by atoms with Crippen LogP contribution in [0.4, 0.5) is 8.78 Å². The van der Waals surface area contributed by atoms with Gasteiger partial charge in [0.2, 0.25) is 0 Å². The molecule has 0 saturated carbocycles. The summed E-state index contributed by atoms with van der Waals surface area (Å²) >= 11 is 5.46. The lowest BCUT2D eigenvalue weighted by Crippen LogP contribution is -2.18. The summed E-state index contributed by atoms with van der Waals surface area (Å²) in [7, 11) is 0. The van der Waals surface area contributed by atoms with Crippen LogP contribution in [0.5, 0.6) is 0 Å². The van der Waals surface area contributed by atoms with Crippen molar-refractivity contribution in [2.24, 2.45) is 0 Å². The Hall–Kier alpha value is -1.43. The third kappa shape index (κ3) is 2.79. The number of carboxylic acid groups (broad SMARTS) is 1. The predicted molar refractivity (Wildman–Crippen MR) is 52.9 cm³/mol. The Balaban J connectivity index is 3.28. The number of hydrogen-bond donors (Lipinski definition) is 2. The van der Waals surface area contributed by atoms with Crippen LogP contribution in [0.1, 0.15) is 23.4 Å². The summed E-state index contributed by atoms with van der Waals surface area (Å²) in [4.78, 5) is 24.1. The molecule has 0 spiro atoms. The van der Waals surface area contributed by atoms with Gasteiger partial charge < -0.3 is 10.1 Å². The molecule has 4 nitrogen and oxygen atoms in total. The van der Waals surface area contributed by atoms with Crippen molar-refractivity contribution in [3.05, 3.63) is 33.2 Å². The average molecular weight is 252 g/mol. The lowest BCUT2D eigenvalue weighted by molar-refractivity contribution is -0.136. The fourth-order valence-electron chi connectivity index (χ4n) is 1.24. The maximum atomic E-state index is 12.3. The molecule has 0 aliphatic rings. The molecular formula is C9H8ClF2NO3. The highest BCUT2D eigenvalue weighted by Gasteiger charge is 2.16. The monoisotopic (exact) mass is 251 g/mol. The van der Waals surface area contributed by atoms with Crippen LogP contribution < -0.4 is 5.43 Å². The van der Waals surface area contributed by atoms with Crippen molar-refractivity contribution in [1.82, 2.24) is 4.98 Å². The van der Waals surface area contributed by atoms with E-state index < -0.39 is 29.9 Å². The zero-order valence-corrected chi connectivity index (χ0v) is 8.72. The third-order valence-corrected chi connectivity index (χ3v) is 2.21. The molecule has 1 aromatic rings. The molecule has 0 aromatic carbocycles. The number of hydrogen-bond acceptors (Lipinski definition) is 2. The zero-order chi connectivity index (χ0) is 12.3. The number of carboxylic acids is 1. The second kappa shape index (κ2) is 5.07. The quantitative estimate of drug-likeness (QED) is 0.800. The first-order valence-electron chi connectivity index (χ1n) is 4.26. The van der Waals surface area contributed by atoms with Crippen molar-refractivity contribution < 1.29 is 18.7 Å². The van der Waals surface area contributed by atoms with Crippen LogP contribution in [-0.2, 0) is 17.1 Å². The molecule has 88 valence electrons. The molecule has 0 amide bonds. The Morgan fingerprint density at radius 3 is 2.62 bits per heavy atom. The minimum Gasteiger partial charge on any atom is -0.481 e. The fraction of sp³-hybridized carbons (Fsp3) is 0.333. The Labute approximate surface area is 93.9 Å². The van der Waals surface area contributed by atoms with Crippen LogP contribution in [0, 0.1) is 0 Å². The average Bonchev–Trinajstić information content (AvgIpc) is 2.19. The lowest BCUT2D eigenvalue weighted by Gasteiger charge is -2.07. The van der Waals surface area contributed by atoms with Crippen LogP contribution in [0.2, 0.25) is 0 Å². The molecule has 0 atom stereocenters. The van der Waals surface area contributed by atoms with Gasteiger partial charge in [-0.1, -0.05) is 0 Å². The molecule has 16 heavy (non-hydrogen) atoms. The summed E-state index contributed by atoms with van der Waals surface area (Å²) in [6.07, 6.45) is -3.37. The van der Waals surface area contributed by atoms with E-state index in [1.165, 1.54) is 0 Å². The highest BCUT2D eigenvalue weighted by Crippen LogP contribution is 2.17. The number of carbonyl (C=O) groups is 1. The first kappa shape index (κ1) is 12.6. The molecule has 0 bridgehead atoms. The summed E-state index contributed by atoms with van der Waals surface area (Å²) < 4.78 is 24.7. The van der Waals surface area contributed by atoms with Crippen molar-refractivity contribution >= 4 is 17.6 Å². The summed E-state index contributed by atoms with van der Waals surface area (Å²) in [5.74, 6) is -1.44. The van der Waals surface area contributed by atoms with Gasteiger partial charge in [0.1, 0.15) is 0 Å². The minimum atomic E-state index is -2.83. The second-order valence-corrected chi connectivity index (χ2v) is 3.32. The Bertz CT molecular complexity index is 459. The predicted octanol–water partition coefficient (Wildman–Crippen LogP) is 1.68. The number of nitrogens with one attached hydrogen (secondary N) is 1. The van der Waals surface area contributed by atoms with Crippen LogP contribution in [0.3, 0.4) is 0 Å². The Morgan fingerprint density at radius 2 is 2.19 bits per heavy atom. The lowest BCUT2D eigenvalue weighted by atomic mass is 10.1. The van der Waals surface area contributed by atoms with Gasteiger partial charge in [-0.15, -0.1) is 11.6 Å². The maximum absolute atomic E-state index is 12.3. The highest BCUT2D eigenvalue weighted by atomic mass is 35.5. The van der Waals surface area contributed by atoms with E-state index >= 15 is 0 Å². The van der Waals surface area contributed by atoms with Gasteiger partial charge in [-0.2, -0.15) is 0 Å². The molecular weight excluding hydrogens is 244 g/mol. The van der Waals surface area contributed by atoms with Gasteiger partial charge in [0.25, 0.3) is 6.43 Å². The topological polar surface area (TPSA) is 70.2 Å². The van der Waals surface area contributed by atoms with Crippen LogP contribution in [-0.4, -0.2) is 16.1 Å². The third-order valence-electron chi connectivity index (χ3n) is 1.94. The molecule has 0 aliphatic carbocycles. The van der Waals surface area contributed by atoms with Gasteiger partial charge in [0.05, 0.1) is 18.0 Å². The first-order chi connectivity index (χ1) is 7.45. The summed E-state index contributed by atoms with van der Waals surface area (Å²) in [6, 6.07) is 0.693. The first-order valence-corrected chi connectivity index (χ1v) is 4.80. The minimum absolute atomic E-state index is 0.0202. The number of halogens is 3. The maximum Gasteiger partial charge on any atom is 0.308 e. The van der Waals surface area contributed by atoms with Gasteiger partial charge in [-0.05, 0) is 0 Å². The van der Waals surface area contributed by atoms with Crippen LogP contribution >= 0.6 is 11.6 Å². The van der Waals surface area contributed by atoms with E-state index in [1.54, 1.807) is 0 Å². The second-order valence-electron chi connectivity index (χ2n) is 3.05. The van der Waals surface area contributed by atoms with E-state index in [-0.39, 0.29) is 17.1 Å². The normalized spacial score (nSPS) is 10.8. The van der Waals surface area contributed by atoms with Crippen molar-refractivity contribution in [2.75, 3.05) is 0 Å². The number of H-pyrrole nitrogens is 1. The molecule has 1 rings (SSSR count). The number of pyridine rings is 1. The van der Waals surface area contributed by atoms with Crippen LogP contribution in [0.15, 0.2) is 10.9 Å². The number of aromatic nitrogens is 1. The van der Waals surface area contributed by atoms with E-state index in [9.17, 15) is 18.4 Å². The van der Waals surface area contributed by atoms with Crippen molar-refractivity contribution in [2.45, 2.75) is 18.7 Å². The van der Waals surface area contributed by atoms with Crippen molar-refractivity contribution in [1.29, 1.82) is 0 Å². The van der Waals surface area contributed by atoms with E-state index in [4.69, 9.17) is 16.7 Å². The molecule has 0 radical (unpaired) electrons. The Morgan fingerprint density at radius 1 is 1.56 bits per heavy atom. The Kier molecular flexibility index (Phi) is 4.00. The number of aliphatic carboxylic acids is 1. The molecule has 7 heteroatoms. The van der Waals surface area contributed by atoms with Crippen LogP contribution in [0.25, 0.3) is 0 Å². The number of rotatable bonds is 4. The van der Waals surface area contributed by atoms with Gasteiger partial charge in [-0.25, -0.2) is 8.78 Å². The zero-order valence-electron chi connectivity index (χ0n) is 7.97. The van der Waals surface area contributed by atoms with Gasteiger partial charge >= 0.3 is 5.97 Å². The molecule has 0 aliphatic heterocycles. The van der Waals surface area contributed by atoms with Gasteiger partial charge in [0.15, 0.2) is 5.43 Å². The van der Waals surface area contributed by atoms with Crippen molar-refractivity contribution in [3.8, 4) is 0 Å². The van der Waals surface area contributed by atoms with E-state index in [0.29, 0.717) is 6.07 Å². The molecule has 0 unspecified atom stereocenters. The standard InChI is InChI=1S/C9H8ClF2NO3/c10-3-6-4(1-8(15)16)7(14)2-5(13-6)9(11)12/h2,9H,1,3H2,(H,13,14)(H,15,16). The number of alkyl halides is 3. The highest BCUT2D eigenvalue weighted by molar-refractivity contribution is 6.17. The van der Waals surface area contributed by atoms with Gasteiger partial charge in [0, 0.05) is 17.3 Å². The van der Waals surface area contributed by atoms with Crippen molar-refractivity contribution in [3.63, 3.8) is 0 Å². The molecule has 0 fully saturated rings. The summed E-state index contributed by atoms with van der Waals surface area (Å²) in [6.45, 7) is 0. The fourth-order valence-corrected chi connectivity index (χ4v) is 1.47. The number of aromatic amines is 1. The molecule has 2 N–H and O–H groups in total. The smallest absolute Gasteiger partial charge is 0.308 e.